The average molecular weight is 504 g/mol. The number of nitrogens with one attached hydrogen (secondary N) is 1. The number of halogens is 4. The molecule has 1 amide bonds. The topological polar surface area (TPSA) is 63.6 Å². The lowest BCUT2D eigenvalue weighted by Gasteiger charge is -2.33. The highest BCUT2D eigenvalue weighted by molar-refractivity contribution is 6.34. The van der Waals surface area contributed by atoms with E-state index in [0.717, 1.165) is 12.6 Å². The number of amides is 1. The number of carbonyl (C=O) groups is 1. The van der Waals surface area contributed by atoms with Gasteiger partial charge in [0.1, 0.15) is 0 Å². The molecule has 2 aromatic carbocycles. The minimum Gasteiger partial charge on any atom is -0.377 e. The number of benzene rings is 2. The van der Waals surface area contributed by atoms with Crippen LogP contribution in [-0.2, 0) is 17.0 Å². The zero-order valence-electron chi connectivity index (χ0n) is 18.4. The van der Waals surface area contributed by atoms with Crippen molar-refractivity contribution < 1.29 is 18.4 Å². The maximum Gasteiger partial charge on any atom is 0.291 e. The van der Waals surface area contributed by atoms with Gasteiger partial charge in [-0.05, 0) is 60.5 Å². The first kappa shape index (κ1) is 24.1. The molecule has 0 aliphatic carbocycles. The van der Waals surface area contributed by atoms with Crippen molar-refractivity contribution in [2.24, 2.45) is 5.16 Å². The van der Waals surface area contributed by atoms with Gasteiger partial charge in [0.25, 0.3) is 11.8 Å². The van der Waals surface area contributed by atoms with E-state index in [1.807, 2.05) is 12.1 Å². The van der Waals surface area contributed by atoms with Gasteiger partial charge >= 0.3 is 0 Å². The van der Waals surface area contributed by atoms with Gasteiger partial charge in [-0.2, -0.15) is 0 Å². The van der Waals surface area contributed by atoms with E-state index in [2.05, 4.69) is 15.5 Å². The summed E-state index contributed by atoms with van der Waals surface area (Å²) < 4.78 is 29.7. The van der Waals surface area contributed by atoms with Crippen molar-refractivity contribution in [2.75, 3.05) is 0 Å². The second-order valence-corrected chi connectivity index (χ2v) is 9.09. The van der Waals surface area contributed by atoms with Crippen LogP contribution < -0.4 is 5.32 Å². The van der Waals surface area contributed by atoms with Gasteiger partial charge in [-0.25, -0.2) is 8.78 Å². The Morgan fingerprint density at radius 1 is 1.15 bits per heavy atom. The zero-order valence-corrected chi connectivity index (χ0v) is 19.9. The van der Waals surface area contributed by atoms with E-state index in [0.29, 0.717) is 22.4 Å². The van der Waals surface area contributed by atoms with Crippen LogP contribution in [0.5, 0.6) is 0 Å². The first-order chi connectivity index (χ1) is 16.1. The fourth-order valence-corrected chi connectivity index (χ4v) is 4.41. The summed E-state index contributed by atoms with van der Waals surface area (Å²) in [5.74, 6) is -3.55. The van der Waals surface area contributed by atoms with E-state index < -0.39 is 11.5 Å². The largest absolute Gasteiger partial charge is 0.377 e. The summed E-state index contributed by atoms with van der Waals surface area (Å²) in [4.78, 5) is 22.2. The molecule has 4 rings (SSSR count). The second-order valence-electron chi connectivity index (χ2n) is 8.21. The van der Waals surface area contributed by atoms with Crippen LogP contribution >= 0.6 is 23.2 Å². The van der Waals surface area contributed by atoms with E-state index >= 15 is 0 Å². The third-order valence-corrected chi connectivity index (χ3v) is 6.16. The molecule has 0 radical (unpaired) electrons. The summed E-state index contributed by atoms with van der Waals surface area (Å²) in [5, 5.41) is 7.27. The summed E-state index contributed by atoms with van der Waals surface area (Å²) in [6.07, 6.45) is 1.46. The highest BCUT2D eigenvalue weighted by Crippen LogP contribution is 2.48. The van der Waals surface area contributed by atoms with Gasteiger partial charge in [-0.3, -0.25) is 9.78 Å². The smallest absolute Gasteiger partial charge is 0.291 e. The molecule has 1 atom stereocenters. The predicted molar refractivity (Wildman–Crippen MR) is 128 cm³/mol. The van der Waals surface area contributed by atoms with Gasteiger partial charge in [0.05, 0.1) is 18.0 Å². The van der Waals surface area contributed by atoms with Gasteiger partial charge < -0.3 is 10.2 Å². The maximum atomic E-state index is 14.9. The van der Waals surface area contributed by atoms with E-state index in [4.69, 9.17) is 28.0 Å². The molecule has 0 spiro atoms. The lowest BCUT2D eigenvalue weighted by atomic mass is 9.82. The molecule has 1 N–H and O–H groups in total. The Morgan fingerprint density at radius 3 is 2.50 bits per heavy atom. The number of carbonyl (C=O) groups excluding carboxylic acids is 1. The van der Waals surface area contributed by atoms with Crippen LogP contribution in [0.25, 0.3) is 0 Å². The van der Waals surface area contributed by atoms with Crippen molar-refractivity contribution in [1.82, 2.24) is 10.3 Å². The summed E-state index contributed by atoms with van der Waals surface area (Å²) in [6, 6.07) is 14.8. The van der Waals surface area contributed by atoms with Crippen LogP contribution in [0.3, 0.4) is 0 Å². The fourth-order valence-electron chi connectivity index (χ4n) is 3.89. The van der Waals surface area contributed by atoms with Gasteiger partial charge in [0.15, 0.2) is 0 Å². The monoisotopic (exact) mass is 503 g/mol. The molecular formula is C25H21Cl2F2N3O2. The van der Waals surface area contributed by atoms with Crippen LogP contribution in [0.4, 0.5) is 8.78 Å². The maximum absolute atomic E-state index is 14.9. The fraction of sp³-hybridized carbons (Fsp3) is 0.240. The van der Waals surface area contributed by atoms with E-state index in [1.54, 1.807) is 37.4 Å². The van der Waals surface area contributed by atoms with Gasteiger partial charge in [-0.1, -0.05) is 40.5 Å². The molecule has 0 fully saturated rings. The van der Waals surface area contributed by atoms with Crippen molar-refractivity contribution in [3.63, 3.8) is 0 Å². The minimum absolute atomic E-state index is 0.137. The molecule has 1 aromatic heterocycles. The van der Waals surface area contributed by atoms with Gasteiger partial charge in [0, 0.05) is 40.7 Å². The lowest BCUT2D eigenvalue weighted by molar-refractivity contribution is -0.193. The molecule has 1 aliphatic heterocycles. The van der Waals surface area contributed by atoms with Crippen molar-refractivity contribution in [3.05, 3.63) is 98.8 Å². The summed E-state index contributed by atoms with van der Waals surface area (Å²) in [5.41, 5.74) is 0.875. The van der Waals surface area contributed by atoms with Crippen LogP contribution in [0.2, 0.25) is 10.0 Å². The van der Waals surface area contributed by atoms with Crippen molar-refractivity contribution >= 4 is 34.8 Å². The average Bonchev–Trinajstić information content (AvgIpc) is 3.25. The molecule has 0 saturated carbocycles. The molecule has 3 aromatic rings. The quantitative estimate of drug-likeness (QED) is 0.429. The van der Waals surface area contributed by atoms with Gasteiger partial charge in [0.2, 0.25) is 5.60 Å². The first-order valence-corrected chi connectivity index (χ1v) is 11.2. The molecule has 34 heavy (non-hydrogen) atoms. The molecule has 176 valence electrons. The van der Waals surface area contributed by atoms with Crippen LogP contribution in [-0.4, -0.2) is 22.5 Å². The van der Waals surface area contributed by atoms with Crippen molar-refractivity contribution in [3.8, 4) is 0 Å². The highest BCUT2D eigenvalue weighted by Gasteiger charge is 2.58. The summed E-state index contributed by atoms with van der Waals surface area (Å²) in [7, 11) is 0. The Balaban J connectivity index is 1.56. The third-order valence-electron chi connectivity index (χ3n) is 5.73. The van der Waals surface area contributed by atoms with E-state index in [-0.39, 0.29) is 34.5 Å². The first-order valence-electron chi connectivity index (χ1n) is 10.5. The number of hydrogen-bond acceptors (Lipinski definition) is 4. The molecule has 1 unspecified atom stereocenters. The number of aryl methyl sites for hydroxylation is 1. The van der Waals surface area contributed by atoms with Crippen LogP contribution in [0, 0.1) is 6.92 Å². The highest BCUT2D eigenvalue weighted by atomic mass is 35.5. The Labute approximate surface area is 205 Å². The molecule has 9 heteroatoms. The van der Waals surface area contributed by atoms with E-state index in [9.17, 15) is 13.6 Å². The summed E-state index contributed by atoms with van der Waals surface area (Å²) >= 11 is 12.1. The molecule has 1 aliphatic rings. The Bertz CT molecular complexity index is 1240. The Morgan fingerprint density at radius 2 is 1.88 bits per heavy atom. The van der Waals surface area contributed by atoms with Crippen molar-refractivity contribution in [2.45, 2.75) is 38.3 Å². The lowest BCUT2D eigenvalue weighted by Crippen LogP contribution is -2.43. The molecule has 2 heterocycles. The number of pyridine rings is 1. The van der Waals surface area contributed by atoms with Crippen LogP contribution in [0.1, 0.15) is 46.1 Å². The third kappa shape index (κ3) is 4.76. The number of nitrogens with zero attached hydrogens (tertiary/aromatic N) is 2. The Hall–Kier alpha value is -3.03. The molecule has 0 saturated heterocycles. The number of alkyl halides is 2. The molecule has 5 nitrogen and oxygen atoms in total. The summed E-state index contributed by atoms with van der Waals surface area (Å²) in [6.45, 7) is 2.84. The van der Waals surface area contributed by atoms with Crippen LogP contribution in [0.15, 0.2) is 65.9 Å². The zero-order chi connectivity index (χ0) is 24.5. The predicted octanol–water partition coefficient (Wildman–Crippen LogP) is 6.30. The van der Waals surface area contributed by atoms with Crippen molar-refractivity contribution in [1.29, 1.82) is 0 Å². The van der Waals surface area contributed by atoms with Gasteiger partial charge in [-0.15, -0.1) is 0 Å². The number of aromatic nitrogens is 1. The number of oxime groups is 1. The Kier molecular flexibility index (Phi) is 6.60. The molecule has 0 bridgehead atoms. The second kappa shape index (κ2) is 9.31. The minimum atomic E-state index is -3.29. The number of hydrogen-bond donors (Lipinski definition) is 1. The van der Waals surface area contributed by atoms with E-state index in [1.165, 1.54) is 18.2 Å². The normalized spacial score (nSPS) is 17.8. The molecular weight excluding hydrogens is 483 g/mol. The SMILES string of the molecule is Cc1cc(C2=NOC(c3cc(Cl)cc(Cl)c3)(C(C)(F)F)C2)ccc1C(=O)NCc1ccccn1. The number of rotatable bonds is 6. The standard InChI is InChI=1S/C25H21Cl2F2N3O2/c1-15-9-16(6-7-21(15)23(33)31-14-20-5-3-4-8-30-20)22-13-25(34-32-22,24(2,28)29)17-10-18(26)12-19(27)11-17/h3-12H,13-14H2,1-2H3,(H,31,33).